The largest absolute Gasteiger partial charge is 0.481 e. The maximum Gasteiger partial charge on any atom is 0.303 e. The summed E-state index contributed by atoms with van der Waals surface area (Å²) in [6.45, 7) is -1.18. The van der Waals surface area contributed by atoms with Crippen LogP contribution in [0, 0.1) is 0 Å². The highest BCUT2D eigenvalue weighted by Crippen LogP contribution is 2.28. The molecule has 0 spiro atoms. The maximum absolute atomic E-state index is 11.0. The Morgan fingerprint density at radius 2 is 1.39 bits per heavy atom. The van der Waals surface area contributed by atoms with E-state index in [0.29, 0.717) is 6.42 Å². The van der Waals surface area contributed by atoms with E-state index >= 15 is 0 Å². The Bertz CT molecular complexity index is 1290. The van der Waals surface area contributed by atoms with Crippen LogP contribution in [0.3, 0.4) is 0 Å². The topological polar surface area (TPSA) is 149 Å². The summed E-state index contributed by atoms with van der Waals surface area (Å²) in [5, 5.41) is 44.5. The first kappa shape index (κ1) is 29.0. The van der Waals surface area contributed by atoms with Gasteiger partial charge >= 0.3 is 5.97 Å². The fourth-order valence-corrected chi connectivity index (χ4v) is 4.00. The number of aryl methyl sites for hydroxylation is 3. The minimum atomic E-state index is -1.21. The number of nitrogens with zero attached hydrogens (tertiary/aromatic N) is 1. The lowest BCUT2D eigenvalue weighted by molar-refractivity contribution is -0.136. The van der Waals surface area contributed by atoms with Gasteiger partial charge in [-0.1, -0.05) is 48.5 Å². The molecule has 0 saturated heterocycles. The zero-order chi connectivity index (χ0) is 27.5. The Balaban J connectivity index is 0.000000436. The van der Waals surface area contributed by atoms with Crippen molar-refractivity contribution in [2.45, 2.75) is 37.8 Å². The SMILES string of the molecule is NC(CO)(CO)CO.O=C(O)CCc1ccc2c(c1)c(CCc1ccccc1)cn2-c1ccc(CO)cc1. The number of aliphatic carboxylic acids is 1. The van der Waals surface area contributed by atoms with Crippen LogP contribution in [0.4, 0.5) is 0 Å². The Kier molecular flexibility index (Phi) is 10.6. The molecule has 8 heteroatoms. The standard InChI is InChI=1S/C26H25NO3.C4H11NO3/c28-18-21-7-12-23(13-8-21)27-17-22(11-6-19-4-2-1-3-5-19)24-16-20(9-14-25(24)27)10-15-26(29)30;5-4(1-6,2-7)3-8/h1-5,7-9,12-14,16-17,28H,6,10-11,15,18H2,(H,29,30);6-8H,1-3,5H2. The van der Waals surface area contributed by atoms with Gasteiger partial charge in [-0.05, 0) is 65.8 Å². The fourth-order valence-electron chi connectivity index (χ4n) is 4.00. The Morgan fingerprint density at radius 3 is 1.95 bits per heavy atom. The van der Waals surface area contributed by atoms with Crippen molar-refractivity contribution in [1.29, 1.82) is 0 Å². The summed E-state index contributed by atoms with van der Waals surface area (Å²) in [7, 11) is 0. The predicted molar refractivity (Wildman–Crippen MR) is 147 cm³/mol. The molecule has 202 valence electrons. The molecule has 0 fully saturated rings. The third-order valence-electron chi connectivity index (χ3n) is 6.45. The molecule has 0 aliphatic heterocycles. The van der Waals surface area contributed by atoms with Gasteiger partial charge in [0.15, 0.2) is 0 Å². The van der Waals surface area contributed by atoms with Crippen LogP contribution >= 0.6 is 0 Å². The molecule has 4 rings (SSSR count). The Hall–Kier alpha value is -3.53. The Labute approximate surface area is 222 Å². The molecule has 1 heterocycles. The van der Waals surface area contributed by atoms with Crippen LogP contribution in [-0.4, -0.2) is 61.4 Å². The summed E-state index contributed by atoms with van der Waals surface area (Å²) in [4.78, 5) is 11.0. The van der Waals surface area contributed by atoms with Crippen LogP contribution in [-0.2, 0) is 30.7 Å². The van der Waals surface area contributed by atoms with Crippen molar-refractivity contribution in [3.05, 3.63) is 101 Å². The zero-order valence-corrected chi connectivity index (χ0v) is 21.3. The molecule has 8 nitrogen and oxygen atoms in total. The van der Waals surface area contributed by atoms with Gasteiger partial charge in [0.25, 0.3) is 0 Å². The lowest BCUT2D eigenvalue weighted by Gasteiger charge is -2.20. The minimum Gasteiger partial charge on any atom is -0.481 e. The first-order chi connectivity index (χ1) is 18.3. The second-order valence-corrected chi connectivity index (χ2v) is 9.42. The lowest BCUT2D eigenvalue weighted by atomic mass is 10.0. The van der Waals surface area contributed by atoms with Gasteiger partial charge in [-0.3, -0.25) is 4.79 Å². The minimum absolute atomic E-state index is 0.0297. The Morgan fingerprint density at radius 1 is 0.763 bits per heavy atom. The number of carbonyl (C=O) groups is 1. The molecule has 0 unspecified atom stereocenters. The molecule has 1 aromatic heterocycles. The molecule has 0 aliphatic carbocycles. The number of aliphatic hydroxyl groups is 4. The summed E-state index contributed by atoms with van der Waals surface area (Å²) in [6, 6.07) is 24.6. The van der Waals surface area contributed by atoms with Crippen LogP contribution < -0.4 is 5.73 Å². The highest BCUT2D eigenvalue weighted by molar-refractivity contribution is 5.86. The van der Waals surface area contributed by atoms with Crippen molar-refractivity contribution in [3.63, 3.8) is 0 Å². The molecular weight excluding hydrogens is 484 g/mol. The van der Waals surface area contributed by atoms with Crippen molar-refractivity contribution in [1.82, 2.24) is 4.57 Å². The summed E-state index contributed by atoms with van der Waals surface area (Å²) in [6.07, 6.45) is 4.70. The molecule has 38 heavy (non-hydrogen) atoms. The summed E-state index contributed by atoms with van der Waals surface area (Å²) < 4.78 is 2.18. The average molecular weight is 521 g/mol. The predicted octanol–water partition coefficient (Wildman–Crippen LogP) is 2.59. The first-order valence-electron chi connectivity index (χ1n) is 12.5. The van der Waals surface area contributed by atoms with Crippen LogP contribution in [0.15, 0.2) is 79.0 Å². The number of hydrogen-bond donors (Lipinski definition) is 6. The van der Waals surface area contributed by atoms with Crippen LogP contribution in [0.5, 0.6) is 0 Å². The fraction of sp³-hybridized carbons (Fsp3) is 0.300. The molecule has 4 aromatic rings. The van der Waals surface area contributed by atoms with E-state index in [0.717, 1.165) is 35.2 Å². The zero-order valence-electron chi connectivity index (χ0n) is 21.3. The van der Waals surface area contributed by atoms with Gasteiger partial charge in [-0.2, -0.15) is 0 Å². The molecule has 0 aliphatic rings. The van der Waals surface area contributed by atoms with E-state index < -0.39 is 31.3 Å². The van der Waals surface area contributed by atoms with Crippen molar-refractivity contribution in [3.8, 4) is 5.69 Å². The number of aromatic nitrogens is 1. The molecule has 0 radical (unpaired) electrons. The van der Waals surface area contributed by atoms with E-state index in [1.165, 1.54) is 16.5 Å². The number of fused-ring (bicyclic) bond motifs is 1. The number of benzene rings is 3. The van der Waals surface area contributed by atoms with Crippen LogP contribution in [0.25, 0.3) is 16.6 Å². The van der Waals surface area contributed by atoms with Crippen LogP contribution in [0.2, 0.25) is 0 Å². The molecule has 7 N–H and O–H groups in total. The average Bonchev–Trinajstić information content (AvgIpc) is 3.33. The highest BCUT2D eigenvalue weighted by Gasteiger charge is 2.20. The van der Waals surface area contributed by atoms with Crippen molar-refractivity contribution >= 4 is 16.9 Å². The number of carboxylic acid groups (broad SMARTS) is 1. The summed E-state index contributed by atoms with van der Waals surface area (Å²) >= 11 is 0. The van der Waals surface area contributed by atoms with Crippen molar-refractivity contribution < 1.29 is 30.3 Å². The summed E-state index contributed by atoms with van der Waals surface area (Å²) in [5.74, 6) is -0.777. The van der Waals surface area contributed by atoms with Crippen LogP contribution in [0.1, 0.15) is 28.7 Å². The van der Waals surface area contributed by atoms with Crippen molar-refractivity contribution in [2.24, 2.45) is 5.73 Å². The molecule has 0 atom stereocenters. The third kappa shape index (κ3) is 7.74. The van der Waals surface area contributed by atoms with Gasteiger partial charge in [0.1, 0.15) is 0 Å². The number of rotatable bonds is 11. The van der Waals surface area contributed by atoms with E-state index in [1.54, 1.807) is 0 Å². The highest BCUT2D eigenvalue weighted by atomic mass is 16.4. The van der Waals surface area contributed by atoms with Gasteiger partial charge in [0, 0.05) is 23.7 Å². The van der Waals surface area contributed by atoms with E-state index in [9.17, 15) is 9.90 Å². The van der Waals surface area contributed by atoms with Gasteiger partial charge in [-0.25, -0.2) is 0 Å². The molecular formula is C30H36N2O6. The van der Waals surface area contributed by atoms with E-state index in [1.807, 2.05) is 36.4 Å². The van der Waals surface area contributed by atoms with Gasteiger partial charge in [0.05, 0.1) is 37.5 Å². The van der Waals surface area contributed by atoms with E-state index in [-0.39, 0.29) is 13.0 Å². The second kappa shape index (κ2) is 13.9. The van der Waals surface area contributed by atoms with Gasteiger partial charge in [-0.15, -0.1) is 0 Å². The van der Waals surface area contributed by atoms with Gasteiger partial charge in [0.2, 0.25) is 0 Å². The third-order valence-corrected chi connectivity index (χ3v) is 6.45. The quantitative estimate of drug-likeness (QED) is 0.178. The number of carboxylic acids is 1. The van der Waals surface area contributed by atoms with Gasteiger partial charge < -0.3 is 35.8 Å². The molecule has 0 amide bonds. The first-order valence-corrected chi connectivity index (χ1v) is 12.5. The number of nitrogens with two attached hydrogens (primary N) is 1. The monoisotopic (exact) mass is 520 g/mol. The molecule has 3 aromatic carbocycles. The maximum atomic E-state index is 11.0. The molecule has 0 saturated carbocycles. The normalized spacial score (nSPS) is 11.3. The van der Waals surface area contributed by atoms with E-state index in [4.69, 9.17) is 26.2 Å². The smallest absolute Gasteiger partial charge is 0.303 e. The number of hydrogen-bond acceptors (Lipinski definition) is 6. The summed E-state index contributed by atoms with van der Waals surface area (Å²) in [5.41, 5.74) is 10.6. The second-order valence-electron chi connectivity index (χ2n) is 9.42. The molecule has 0 bridgehead atoms. The van der Waals surface area contributed by atoms with E-state index in [2.05, 4.69) is 47.2 Å². The number of aliphatic hydroxyl groups excluding tert-OH is 4. The lowest BCUT2D eigenvalue weighted by Crippen LogP contribution is -2.50. The van der Waals surface area contributed by atoms with Crippen molar-refractivity contribution in [2.75, 3.05) is 19.8 Å².